The van der Waals surface area contributed by atoms with Gasteiger partial charge >= 0.3 is 0 Å². The van der Waals surface area contributed by atoms with Crippen molar-refractivity contribution in [2.45, 2.75) is 6.92 Å². The maximum Gasteiger partial charge on any atom is 0.278 e. The number of pyridine rings is 1. The molecule has 0 spiro atoms. The first-order chi connectivity index (χ1) is 9.49. The van der Waals surface area contributed by atoms with Crippen molar-refractivity contribution in [3.63, 3.8) is 0 Å². The number of aromatic nitrogens is 3. The highest BCUT2D eigenvalue weighted by atomic mass is 127. The normalized spacial score (nSPS) is 11.2. The SMILES string of the molecule is Cc1ccnn1-c1c(O)c2cc(I)c(Cl)cc2[nH]c1=O. The van der Waals surface area contributed by atoms with Gasteiger partial charge in [-0.15, -0.1) is 0 Å². The van der Waals surface area contributed by atoms with E-state index in [0.717, 1.165) is 9.26 Å². The van der Waals surface area contributed by atoms with Gasteiger partial charge in [0.15, 0.2) is 11.4 Å². The molecule has 0 saturated heterocycles. The average Bonchev–Trinajstić information content (AvgIpc) is 2.79. The van der Waals surface area contributed by atoms with Crippen molar-refractivity contribution in [3.8, 4) is 11.4 Å². The van der Waals surface area contributed by atoms with E-state index in [-0.39, 0.29) is 11.4 Å². The fraction of sp³-hybridized carbons (Fsp3) is 0.0769. The van der Waals surface area contributed by atoms with Crippen LogP contribution in [0.4, 0.5) is 0 Å². The Morgan fingerprint density at radius 1 is 1.45 bits per heavy atom. The van der Waals surface area contributed by atoms with Crippen molar-refractivity contribution >= 4 is 45.1 Å². The van der Waals surface area contributed by atoms with Gasteiger partial charge in [-0.05, 0) is 47.7 Å². The van der Waals surface area contributed by atoms with Crippen LogP contribution in [0.3, 0.4) is 0 Å². The lowest BCUT2D eigenvalue weighted by Crippen LogP contribution is -2.16. The van der Waals surface area contributed by atoms with Gasteiger partial charge in [0.1, 0.15) is 0 Å². The first kappa shape index (κ1) is 13.4. The Morgan fingerprint density at radius 2 is 2.20 bits per heavy atom. The van der Waals surface area contributed by atoms with Crippen LogP contribution in [0, 0.1) is 10.5 Å². The molecule has 0 fully saturated rings. The first-order valence-corrected chi connectivity index (χ1v) is 7.19. The van der Waals surface area contributed by atoms with Crippen molar-refractivity contribution in [2.75, 3.05) is 0 Å². The van der Waals surface area contributed by atoms with Crippen LogP contribution in [0.5, 0.6) is 5.75 Å². The monoisotopic (exact) mass is 401 g/mol. The molecule has 20 heavy (non-hydrogen) atoms. The molecule has 0 aliphatic heterocycles. The summed E-state index contributed by atoms with van der Waals surface area (Å²) in [5.41, 5.74) is 0.942. The van der Waals surface area contributed by atoms with Crippen LogP contribution in [-0.4, -0.2) is 19.9 Å². The molecule has 5 nitrogen and oxygen atoms in total. The van der Waals surface area contributed by atoms with E-state index in [1.165, 1.54) is 4.68 Å². The molecule has 0 aliphatic rings. The maximum atomic E-state index is 12.2. The van der Waals surface area contributed by atoms with E-state index in [0.29, 0.717) is 15.9 Å². The van der Waals surface area contributed by atoms with Crippen LogP contribution in [0.1, 0.15) is 5.69 Å². The summed E-state index contributed by atoms with van der Waals surface area (Å²) >= 11 is 8.10. The topological polar surface area (TPSA) is 70.9 Å². The van der Waals surface area contributed by atoms with Crippen LogP contribution in [0.25, 0.3) is 16.6 Å². The number of aromatic hydroxyl groups is 1. The summed E-state index contributed by atoms with van der Waals surface area (Å²) < 4.78 is 2.21. The van der Waals surface area contributed by atoms with E-state index >= 15 is 0 Å². The van der Waals surface area contributed by atoms with Gasteiger partial charge in [-0.25, -0.2) is 4.68 Å². The number of halogens is 2. The molecular weight excluding hydrogens is 393 g/mol. The molecule has 0 atom stereocenters. The minimum absolute atomic E-state index is 0.106. The van der Waals surface area contributed by atoms with Gasteiger partial charge in [0.05, 0.1) is 10.5 Å². The Morgan fingerprint density at radius 3 is 2.85 bits per heavy atom. The molecule has 0 aliphatic carbocycles. The zero-order chi connectivity index (χ0) is 14.4. The maximum absolute atomic E-state index is 12.2. The van der Waals surface area contributed by atoms with E-state index in [2.05, 4.69) is 32.7 Å². The highest BCUT2D eigenvalue weighted by Gasteiger charge is 2.16. The summed E-state index contributed by atoms with van der Waals surface area (Å²) in [6.07, 6.45) is 1.57. The molecule has 2 heterocycles. The lowest BCUT2D eigenvalue weighted by atomic mass is 10.2. The Labute approximate surface area is 132 Å². The number of hydrogen-bond donors (Lipinski definition) is 2. The molecule has 0 bridgehead atoms. The number of H-pyrrole nitrogens is 1. The average molecular weight is 402 g/mol. The summed E-state index contributed by atoms with van der Waals surface area (Å²) in [5, 5.41) is 15.5. The molecule has 0 amide bonds. The van der Waals surface area contributed by atoms with Crippen LogP contribution in [0.15, 0.2) is 29.2 Å². The Balaban J connectivity index is 2.43. The molecule has 2 N–H and O–H groups in total. The van der Waals surface area contributed by atoms with E-state index in [1.54, 1.807) is 24.4 Å². The second-order valence-electron chi connectivity index (χ2n) is 4.35. The van der Waals surface area contributed by atoms with Crippen molar-refractivity contribution in [1.82, 2.24) is 14.8 Å². The summed E-state index contributed by atoms with van der Waals surface area (Å²) in [6.45, 7) is 1.81. The fourth-order valence-corrected chi connectivity index (χ4v) is 2.69. The number of rotatable bonds is 1. The van der Waals surface area contributed by atoms with Gasteiger partial charge in [-0.1, -0.05) is 11.6 Å². The summed E-state index contributed by atoms with van der Waals surface area (Å²) in [5.74, 6) is -0.106. The first-order valence-electron chi connectivity index (χ1n) is 5.74. The second-order valence-corrected chi connectivity index (χ2v) is 5.92. The van der Waals surface area contributed by atoms with Crippen LogP contribution < -0.4 is 5.56 Å². The van der Waals surface area contributed by atoms with E-state index < -0.39 is 5.56 Å². The minimum atomic E-state index is -0.418. The van der Waals surface area contributed by atoms with Crippen molar-refractivity contribution in [1.29, 1.82) is 0 Å². The molecule has 0 radical (unpaired) electrons. The third-order valence-electron chi connectivity index (χ3n) is 3.05. The summed E-state index contributed by atoms with van der Waals surface area (Å²) in [7, 11) is 0. The van der Waals surface area contributed by atoms with Gasteiger partial charge in [-0.2, -0.15) is 5.10 Å². The van der Waals surface area contributed by atoms with E-state index in [1.807, 2.05) is 6.92 Å². The summed E-state index contributed by atoms with van der Waals surface area (Å²) in [6, 6.07) is 5.11. The molecule has 0 saturated carbocycles. The Hall–Kier alpha value is -1.54. The second kappa shape index (κ2) is 4.78. The molecule has 102 valence electrons. The molecular formula is C13H9ClIN3O2. The molecule has 0 unspecified atom stereocenters. The Bertz CT molecular complexity index is 885. The third-order valence-corrected chi connectivity index (χ3v) is 4.57. The molecule has 7 heteroatoms. The van der Waals surface area contributed by atoms with Crippen molar-refractivity contribution < 1.29 is 5.11 Å². The number of aromatic amines is 1. The highest BCUT2D eigenvalue weighted by molar-refractivity contribution is 14.1. The van der Waals surface area contributed by atoms with Gasteiger partial charge in [0, 0.05) is 20.8 Å². The van der Waals surface area contributed by atoms with Crippen molar-refractivity contribution in [3.05, 3.63) is 49.0 Å². The predicted octanol–water partition coefficient (Wildman–Crippen LogP) is 2.99. The van der Waals surface area contributed by atoms with Crippen LogP contribution in [0.2, 0.25) is 5.02 Å². The number of fused-ring (bicyclic) bond motifs is 1. The van der Waals surface area contributed by atoms with Crippen LogP contribution in [-0.2, 0) is 0 Å². The number of hydrogen-bond acceptors (Lipinski definition) is 3. The van der Waals surface area contributed by atoms with Gasteiger partial charge < -0.3 is 10.1 Å². The molecule has 2 aromatic heterocycles. The van der Waals surface area contributed by atoms with Gasteiger partial charge in [0.2, 0.25) is 0 Å². The Kier molecular flexibility index (Phi) is 3.21. The predicted molar refractivity (Wildman–Crippen MR) is 85.8 cm³/mol. The minimum Gasteiger partial charge on any atom is -0.505 e. The number of aryl methyl sites for hydroxylation is 1. The molecule has 3 rings (SSSR count). The standard InChI is InChI=1S/C13H9ClIN3O2/c1-6-2-3-16-18(6)11-12(19)7-4-9(15)8(14)5-10(7)17-13(11)20/h2-5H,1H3,(H2,17,19,20). The number of nitrogens with one attached hydrogen (secondary N) is 1. The zero-order valence-corrected chi connectivity index (χ0v) is 13.2. The van der Waals surface area contributed by atoms with E-state index in [4.69, 9.17) is 11.6 Å². The smallest absolute Gasteiger partial charge is 0.278 e. The summed E-state index contributed by atoms with van der Waals surface area (Å²) in [4.78, 5) is 14.9. The lowest BCUT2D eigenvalue weighted by Gasteiger charge is -2.10. The molecule has 3 aromatic rings. The fourth-order valence-electron chi connectivity index (χ4n) is 2.06. The third kappa shape index (κ3) is 1.99. The van der Waals surface area contributed by atoms with Crippen LogP contribution >= 0.6 is 34.2 Å². The highest BCUT2D eigenvalue weighted by Crippen LogP contribution is 2.31. The zero-order valence-electron chi connectivity index (χ0n) is 10.3. The number of nitrogens with zero attached hydrogens (tertiary/aromatic N) is 2. The van der Waals surface area contributed by atoms with Gasteiger partial charge in [-0.3, -0.25) is 4.79 Å². The quantitative estimate of drug-likeness (QED) is 0.616. The lowest BCUT2D eigenvalue weighted by molar-refractivity contribution is 0.474. The van der Waals surface area contributed by atoms with Gasteiger partial charge in [0.25, 0.3) is 5.56 Å². The largest absolute Gasteiger partial charge is 0.505 e. The van der Waals surface area contributed by atoms with E-state index in [9.17, 15) is 9.90 Å². The van der Waals surface area contributed by atoms with Crippen molar-refractivity contribution in [2.24, 2.45) is 0 Å². The molecule has 1 aromatic carbocycles. The number of benzene rings is 1.